The number of halogens is 1. The molecule has 200 valence electrons. The average molecular weight is 540 g/mol. The third kappa shape index (κ3) is 7.39. The van der Waals surface area contributed by atoms with Crippen LogP contribution in [0.25, 0.3) is 0 Å². The second-order valence-corrected chi connectivity index (χ2v) is 8.23. The van der Waals surface area contributed by atoms with Crippen LogP contribution >= 0.6 is 12.4 Å². The molecule has 0 fully saturated rings. The highest BCUT2D eigenvalue weighted by molar-refractivity contribution is 6.08. The van der Waals surface area contributed by atoms with Crippen molar-refractivity contribution in [2.75, 3.05) is 29.4 Å². The first-order valence-corrected chi connectivity index (χ1v) is 11.6. The van der Waals surface area contributed by atoms with Gasteiger partial charge in [0.2, 0.25) is 11.8 Å². The van der Waals surface area contributed by atoms with Crippen molar-refractivity contribution in [1.82, 2.24) is 0 Å². The maximum absolute atomic E-state index is 12.6. The summed E-state index contributed by atoms with van der Waals surface area (Å²) in [6.45, 7) is 0.523. The number of hydrogen-bond donors (Lipinski definition) is 4. The maximum atomic E-state index is 12.6. The van der Waals surface area contributed by atoms with Gasteiger partial charge in [0.05, 0.1) is 6.54 Å². The first-order chi connectivity index (χ1) is 17.7. The Hall–Kier alpha value is -4.25. The van der Waals surface area contributed by atoms with Crippen LogP contribution < -0.4 is 27.0 Å². The number of aliphatic carboxylic acids is 1. The van der Waals surface area contributed by atoms with Crippen LogP contribution in [0.1, 0.15) is 31.8 Å². The Labute approximate surface area is 226 Å². The highest BCUT2D eigenvalue weighted by Gasteiger charge is 2.24. The van der Waals surface area contributed by atoms with E-state index in [4.69, 9.17) is 22.3 Å². The van der Waals surface area contributed by atoms with Crippen molar-refractivity contribution in [3.63, 3.8) is 0 Å². The van der Waals surface area contributed by atoms with E-state index in [9.17, 15) is 19.2 Å². The van der Waals surface area contributed by atoms with Gasteiger partial charge in [0.25, 0.3) is 5.91 Å². The minimum absolute atomic E-state index is 0. The van der Waals surface area contributed by atoms with Crippen LogP contribution in [0.3, 0.4) is 0 Å². The molecule has 0 unspecified atom stereocenters. The van der Waals surface area contributed by atoms with Crippen molar-refractivity contribution in [2.24, 2.45) is 17.2 Å². The number of primary amides is 1. The molecule has 3 amide bonds. The Morgan fingerprint density at radius 3 is 2.21 bits per heavy atom. The minimum atomic E-state index is -1.07. The van der Waals surface area contributed by atoms with E-state index in [0.29, 0.717) is 29.9 Å². The van der Waals surface area contributed by atoms with Gasteiger partial charge in [0.15, 0.2) is 0 Å². The molecule has 0 aromatic heterocycles. The van der Waals surface area contributed by atoms with Gasteiger partial charge >= 0.3 is 5.97 Å². The zero-order chi connectivity index (χ0) is 26.9. The van der Waals surface area contributed by atoms with E-state index >= 15 is 0 Å². The molecular formula is C27H30ClN5O5. The van der Waals surface area contributed by atoms with Gasteiger partial charge in [-0.1, -0.05) is 36.4 Å². The van der Waals surface area contributed by atoms with Crippen molar-refractivity contribution in [2.45, 2.75) is 13.0 Å². The summed E-state index contributed by atoms with van der Waals surface area (Å²) in [5.41, 5.74) is 20.1. The highest BCUT2D eigenvalue weighted by atomic mass is 35.5. The summed E-state index contributed by atoms with van der Waals surface area (Å²) < 4.78 is 0. The molecule has 0 saturated carbocycles. The molecule has 7 N–H and O–H groups in total. The molecule has 1 heterocycles. The van der Waals surface area contributed by atoms with Crippen molar-refractivity contribution in [1.29, 1.82) is 0 Å². The van der Waals surface area contributed by atoms with E-state index in [1.165, 1.54) is 4.90 Å². The second kappa shape index (κ2) is 13.9. The second-order valence-electron chi connectivity index (χ2n) is 8.23. The summed E-state index contributed by atoms with van der Waals surface area (Å²) in [6.07, 6.45) is 0.792. The summed E-state index contributed by atoms with van der Waals surface area (Å²) in [4.78, 5) is 49.0. The lowest BCUT2D eigenvalue weighted by Gasteiger charge is -2.21. The standard InChI is InChI=1S/C16H16N2O3.C11H13N3O2.ClH/c17-10-12-5-4-6-13(9-12)16(21)18(11-15(19)20)14-7-2-1-3-8-14;12-6-10(15)14-4-3-7-1-2-8(11(13)16)5-9(7)14;/h1-9H,10-11,17H2,(H,19,20);1-2,5H,3-4,6,12H2,(H2,13,16);1H. The lowest BCUT2D eigenvalue weighted by atomic mass is 10.1. The maximum Gasteiger partial charge on any atom is 0.323 e. The van der Waals surface area contributed by atoms with Crippen LogP contribution in [0.15, 0.2) is 72.8 Å². The number of carboxylic acids is 1. The van der Waals surface area contributed by atoms with E-state index in [2.05, 4.69) is 0 Å². The Bertz CT molecular complexity index is 1300. The molecule has 0 aliphatic carbocycles. The van der Waals surface area contributed by atoms with Crippen LogP contribution in [0, 0.1) is 0 Å². The fourth-order valence-electron chi connectivity index (χ4n) is 3.91. The number of amides is 3. The first kappa shape index (κ1) is 30.0. The number of nitrogens with two attached hydrogens (primary N) is 3. The van der Waals surface area contributed by atoms with E-state index < -0.39 is 18.4 Å². The third-order valence-corrected chi connectivity index (χ3v) is 5.76. The van der Waals surface area contributed by atoms with Gasteiger partial charge in [-0.05, 0) is 53.9 Å². The minimum Gasteiger partial charge on any atom is -0.480 e. The highest BCUT2D eigenvalue weighted by Crippen LogP contribution is 2.28. The van der Waals surface area contributed by atoms with Crippen molar-refractivity contribution in [3.05, 3.63) is 95.1 Å². The predicted molar refractivity (Wildman–Crippen MR) is 147 cm³/mol. The Morgan fingerprint density at radius 1 is 0.895 bits per heavy atom. The third-order valence-electron chi connectivity index (χ3n) is 5.76. The van der Waals surface area contributed by atoms with E-state index in [1.54, 1.807) is 59.5 Å². The van der Waals surface area contributed by atoms with Crippen molar-refractivity contribution in [3.8, 4) is 0 Å². The molecule has 38 heavy (non-hydrogen) atoms. The number of hydrogen-bond acceptors (Lipinski definition) is 6. The van der Waals surface area contributed by atoms with E-state index in [0.717, 1.165) is 23.2 Å². The molecule has 1 aliphatic heterocycles. The molecule has 0 saturated heterocycles. The number of anilines is 2. The number of nitrogens with zero attached hydrogens (tertiary/aromatic N) is 2. The molecule has 4 rings (SSSR count). The molecule has 10 nitrogen and oxygen atoms in total. The van der Waals surface area contributed by atoms with Crippen LogP contribution in [-0.2, 0) is 22.6 Å². The number of benzene rings is 3. The molecule has 0 spiro atoms. The molecule has 1 aliphatic rings. The molecule has 0 radical (unpaired) electrons. The molecule has 11 heteroatoms. The quantitative estimate of drug-likeness (QED) is 0.355. The summed E-state index contributed by atoms with van der Waals surface area (Å²) >= 11 is 0. The van der Waals surface area contributed by atoms with Gasteiger partial charge in [-0.2, -0.15) is 0 Å². The van der Waals surface area contributed by atoms with Gasteiger partial charge < -0.3 is 27.2 Å². The van der Waals surface area contributed by atoms with Crippen LogP contribution in [0.2, 0.25) is 0 Å². The summed E-state index contributed by atoms with van der Waals surface area (Å²) in [5, 5.41) is 9.03. The molecule has 3 aromatic rings. The smallest absolute Gasteiger partial charge is 0.323 e. The number of rotatable bonds is 7. The zero-order valence-corrected chi connectivity index (χ0v) is 21.4. The fraction of sp³-hybridized carbons (Fsp3) is 0.185. The summed E-state index contributed by atoms with van der Waals surface area (Å²) in [5.74, 6) is -2.06. The average Bonchev–Trinajstić information content (AvgIpc) is 3.35. The van der Waals surface area contributed by atoms with Crippen LogP contribution in [0.4, 0.5) is 11.4 Å². The number of para-hydroxylation sites is 1. The van der Waals surface area contributed by atoms with E-state index in [-0.39, 0.29) is 30.8 Å². The Morgan fingerprint density at radius 2 is 1.61 bits per heavy atom. The topological polar surface area (TPSA) is 173 Å². The number of carbonyl (C=O) groups excluding carboxylic acids is 3. The van der Waals surface area contributed by atoms with Gasteiger partial charge in [0, 0.05) is 35.6 Å². The molecule has 0 atom stereocenters. The monoisotopic (exact) mass is 539 g/mol. The van der Waals surface area contributed by atoms with E-state index in [1.807, 2.05) is 18.2 Å². The normalized spacial score (nSPS) is 11.4. The number of carbonyl (C=O) groups is 4. The summed E-state index contributed by atoms with van der Waals surface area (Å²) in [6, 6.07) is 20.8. The van der Waals surface area contributed by atoms with Crippen molar-refractivity contribution < 1.29 is 24.3 Å². The van der Waals surface area contributed by atoms with Gasteiger partial charge in [-0.25, -0.2) is 0 Å². The fourth-order valence-corrected chi connectivity index (χ4v) is 3.91. The Balaban J connectivity index is 0.000000269. The van der Waals surface area contributed by atoms with Gasteiger partial charge in [0.1, 0.15) is 6.54 Å². The molecular weight excluding hydrogens is 510 g/mol. The Kier molecular flexibility index (Phi) is 11.0. The molecule has 3 aromatic carbocycles. The number of carboxylic acid groups (broad SMARTS) is 1. The predicted octanol–water partition coefficient (Wildman–Crippen LogP) is 1.93. The van der Waals surface area contributed by atoms with Gasteiger partial charge in [-0.3, -0.25) is 24.1 Å². The molecule has 0 bridgehead atoms. The lowest BCUT2D eigenvalue weighted by molar-refractivity contribution is -0.135. The lowest BCUT2D eigenvalue weighted by Crippen LogP contribution is -2.35. The van der Waals surface area contributed by atoms with Crippen molar-refractivity contribution >= 4 is 47.5 Å². The summed E-state index contributed by atoms with van der Waals surface area (Å²) in [7, 11) is 0. The zero-order valence-electron chi connectivity index (χ0n) is 20.6. The SMILES string of the molecule is Cl.NCC(=O)N1CCc2ccc(C(N)=O)cc21.NCc1cccc(C(=O)N(CC(=O)O)c2ccccc2)c1. The van der Waals surface area contributed by atoms with Gasteiger partial charge in [-0.15, -0.1) is 12.4 Å². The number of fused-ring (bicyclic) bond motifs is 1. The largest absolute Gasteiger partial charge is 0.480 e. The first-order valence-electron chi connectivity index (χ1n) is 11.6. The van der Waals surface area contributed by atoms with Crippen LogP contribution in [-0.4, -0.2) is 48.4 Å². The van der Waals surface area contributed by atoms with Crippen LogP contribution in [0.5, 0.6) is 0 Å².